The van der Waals surface area contributed by atoms with Crippen molar-refractivity contribution in [3.63, 3.8) is 0 Å². The lowest BCUT2D eigenvalue weighted by atomic mass is 9.98. The molecule has 2 aromatic heterocycles. The highest BCUT2D eigenvalue weighted by atomic mass is 32.1. The van der Waals surface area contributed by atoms with E-state index in [9.17, 15) is 9.59 Å². The van der Waals surface area contributed by atoms with Gasteiger partial charge < -0.3 is 13.9 Å². The van der Waals surface area contributed by atoms with Crippen LogP contribution in [-0.4, -0.2) is 29.3 Å². The molecule has 0 radical (unpaired) electrons. The van der Waals surface area contributed by atoms with Gasteiger partial charge in [-0.2, -0.15) is 0 Å². The lowest BCUT2D eigenvalue weighted by molar-refractivity contribution is 0.0970. The van der Waals surface area contributed by atoms with Crippen LogP contribution in [0.1, 0.15) is 72.4 Å². The molecule has 9 heteroatoms. The van der Waals surface area contributed by atoms with E-state index in [4.69, 9.17) is 13.9 Å². The molecule has 38 heavy (non-hydrogen) atoms. The maximum Gasteiger partial charge on any atom is 0.297 e. The Labute approximate surface area is 225 Å². The summed E-state index contributed by atoms with van der Waals surface area (Å²) >= 11 is 1.33. The topological polar surface area (TPSA) is 94.8 Å². The van der Waals surface area contributed by atoms with Crippen molar-refractivity contribution in [2.75, 3.05) is 18.1 Å². The fourth-order valence-corrected chi connectivity index (χ4v) is 5.38. The smallest absolute Gasteiger partial charge is 0.297 e. The number of aryl methyl sites for hydroxylation is 2. The number of nitrogens with zero attached hydrogens (tertiary/aromatic N) is 3. The van der Waals surface area contributed by atoms with Crippen LogP contribution in [0.25, 0.3) is 11.0 Å². The minimum absolute atomic E-state index is 0.0276. The molecule has 0 saturated heterocycles. The van der Waals surface area contributed by atoms with E-state index in [1.54, 1.807) is 12.1 Å². The van der Waals surface area contributed by atoms with Crippen LogP contribution in [0.4, 0.5) is 5.13 Å². The molecule has 2 aromatic carbocycles. The number of benzene rings is 2. The molecule has 8 nitrogen and oxygen atoms in total. The van der Waals surface area contributed by atoms with Crippen molar-refractivity contribution in [3.05, 3.63) is 74.1 Å². The van der Waals surface area contributed by atoms with Crippen LogP contribution in [0.5, 0.6) is 11.5 Å². The molecule has 4 aromatic rings. The van der Waals surface area contributed by atoms with Gasteiger partial charge in [-0.3, -0.25) is 14.5 Å². The van der Waals surface area contributed by atoms with Gasteiger partial charge >= 0.3 is 0 Å². The highest BCUT2D eigenvalue weighted by Gasteiger charge is 2.45. The Balaban J connectivity index is 1.68. The molecular weight excluding hydrogens is 502 g/mol. The first-order valence-corrected chi connectivity index (χ1v) is 13.8. The fourth-order valence-electron chi connectivity index (χ4n) is 4.57. The SMILES string of the molecule is CCOc1cc(C2c3c(oc4ccc(C)cc4c3=O)C(=O)N2c2nnc(CC)s2)ccc1OCCC(C)C. The number of carbonyl (C=O) groups is 1. The predicted octanol–water partition coefficient (Wildman–Crippen LogP) is 6.09. The summed E-state index contributed by atoms with van der Waals surface area (Å²) in [6.45, 7) is 11.1. The summed E-state index contributed by atoms with van der Waals surface area (Å²) in [6, 6.07) is 10.2. The zero-order valence-corrected chi connectivity index (χ0v) is 23.1. The predicted molar refractivity (Wildman–Crippen MR) is 148 cm³/mol. The number of rotatable bonds is 9. The van der Waals surface area contributed by atoms with Crippen molar-refractivity contribution < 1.29 is 18.7 Å². The second kappa shape index (κ2) is 10.6. The molecule has 198 valence electrons. The normalized spacial score (nSPS) is 14.9. The molecule has 1 atom stereocenters. The van der Waals surface area contributed by atoms with E-state index >= 15 is 0 Å². The zero-order valence-electron chi connectivity index (χ0n) is 22.2. The van der Waals surface area contributed by atoms with Gasteiger partial charge in [-0.25, -0.2) is 0 Å². The van der Waals surface area contributed by atoms with E-state index < -0.39 is 11.9 Å². The first-order chi connectivity index (χ1) is 18.3. The number of fused-ring (bicyclic) bond motifs is 2. The Morgan fingerprint density at radius 3 is 2.58 bits per heavy atom. The van der Waals surface area contributed by atoms with Crippen molar-refractivity contribution in [3.8, 4) is 11.5 Å². The Kier molecular flexibility index (Phi) is 7.21. The average Bonchev–Trinajstić information content (AvgIpc) is 3.48. The van der Waals surface area contributed by atoms with E-state index in [2.05, 4.69) is 24.0 Å². The molecule has 0 bridgehead atoms. The summed E-state index contributed by atoms with van der Waals surface area (Å²) in [5.74, 6) is 1.30. The summed E-state index contributed by atoms with van der Waals surface area (Å²) in [5, 5.41) is 10.2. The molecule has 0 saturated carbocycles. The molecule has 3 heterocycles. The number of hydrogen-bond donors (Lipinski definition) is 0. The summed E-state index contributed by atoms with van der Waals surface area (Å²) in [7, 11) is 0. The number of amides is 1. The summed E-state index contributed by atoms with van der Waals surface area (Å²) in [5.41, 5.74) is 2.06. The van der Waals surface area contributed by atoms with Gasteiger partial charge in [-0.15, -0.1) is 10.2 Å². The largest absolute Gasteiger partial charge is 0.490 e. The van der Waals surface area contributed by atoms with Crippen LogP contribution >= 0.6 is 11.3 Å². The minimum Gasteiger partial charge on any atom is -0.490 e. The second-order valence-electron chi connectivity index (χ2n) is 9.75. The molecule has 0 fully saturated rings. The lowest BCUT2D eigenvalue weighted by Crippen LogP contribution is -2.29. The van der Waals surface area contributed by atoms with Crippen LogP contribution in [0.15, 0.2) is 45.6 Å². The number of hydrogen-bond acceptors (Lipinski definition) is 8. The van der Waals surface area contributed by atoms with Gasteiger partial charge in [-0.1, -0.05) is 49.8 Å². The Morgan fingerprint density at radius 2 is 1.87 bits per heavy atom. The van der Waals surface area contributed by atoms with E-state index in [0.717, 1.165) is 17.0 Å². The summed E-state index contributed by atoms with van der Waals surface area (Å²) < 4.78 is 18.0. The number of carbonyl (C=O) groups excluding carboxylic acids is 1. The van der Waals surface area contributed by atoms with Crippen LogP contribution in [0, 0.1) is 12.8 Å². The maximum absolute atomic E-state index is 13.9. The monoisotopic (exact) mass is 533 g/mol. The van der Waals surface area contributed by atoms with Gasteiger partial charge in [-0.05, 0) is 62.4 Å². The Morgan fingerprint density at radius 1 is 1.05 bits per heavy atom. The molecular formula is C29H31N3O5S. The molecule has 1 unspecified atom stereocenters. The number of anilines is 1. The van der Waals surface area contributed by atoms with Crippen LogP contribution < -0.4 is 19.8 Å². The van der Waals surface area contributed by atoms with Crippen LogP contribution in [-0.2, 0) is 6.42 Å². The van der Waals surface area contributed by atoms with Crippen molar-refractivity contribution >= 4 is 33.3 Å². The van der Waals surface area contributed by atoms with Gasteiger partial charge in [0, 0.05) is 0 Å². The third-order valence-corrected chi connectivity index (χ3v) is 7.59. The quantitative estimate of drug-likeness (QED) is 0.257. The van der Waals surface area contributed by atoms with Gasteiger partial charge in [0.25, 0.3) is 5.91 Å². The summed E-state index contributed by atoms with van der Waals surface area (Å²) in [6.07, 6.45) is 1.60. The number of ether oxygens (including phenoxy) is 2. The van der Waals surface area contributed by atoms with E-state index in [0.29, 0.717) is 58.7 Å². The van der Waals surface area contributed by atoms with E-state index in [-0.39, 0.29) is 16.8 Å². The van der Waals surface area contributed by atoms with Crippen LogP contribution in [0.2, 0.25) is 0 Å². The molecule has 5 rings (SSSR count). The van der Waals surface area contributed by atoms with Gasteiger partial charge in [0.1, 0.15) is 10.6 Å². The van der Waals surface area contributed by atoms with Gasteiger partial charge in [0.15, 0.2) is 16.9 Å². The molecule has 1 amide bonds. The second-order valence-corrected chi connectivity index (χ2v) is 10.8. The van der Waals surface area contributed by atoms with Crippen molar-refractivity contribution in [1.82, 2.24) is 10.2 Å². The van der Waals surface area contributed by atoms with E-state index in [1.165, 1.54) is 16.2 Å². The highest BCUT2D eigenvalue weighted by molar-refractivity contribution is 7.15. The first-order valence-electron chi connectivity index (χ1n) is 12.9. The molecule has 0 spiro atoms. The molecule has 1 aliphatic rings. The van der Waals surface area contributed by atoms with Gasteiger partial charge in [0.2, 0.25) is 10.9 Å². The third kappa shape index (κ3) is 4.67. The molecule has 0 aliphatic carbocycles. The Hall–Kier alpha value is -3.72. The fraction of sp³-hybridized carbons (Fsp3) is 0.379. The summed E-state index contributed by atoms with van der Waals surface area (Å²) in [4.78, 5) is 29.2. The minimum atomic E-state index is -0.750. The van der Waals surface area contributed by atoms with Crippen molar-refractivity contribution in [1.29, 1.82) is 0 Å². The van der Waals surface area contributed by atoms with Crippen molar-refractivity contribution in [2.45, 2.75) is 53.5 Å². The van der Waals surface area contributed by atoms with Crippen LogP contribution in [0.3, 0.4) is 0 Å². The van der Waals surface area contributed by atoms with Crippen molar-refractivity contribution in [2.24, 2.45) is 5.92 Å². The molecule has 1 aliphatic heterocycles. The highest BCUT2D eigenvalue weighted by Crippen LogP contribution is 2.44. The standard InChI is InChI=1S/C29H31N3O5S/c1-6-23-30-31-29(38-23)32-25(18-9-11-21(22(15-18)35-7-2)36-13-12-16(3)4)24-26(33)19-14-17(5)8-10-20(19)37-27(24)28(32)34/h8-11,14-16,25H,6-7,12-13H2,1-5H3. The zero-order chi connectivity index (χ0) is 27.0. The van der Waals surface area contributed by atoms with Gasteiger partial charge in [0.05, 0.1) is 30.2 Å². The molecule has 0 N–H and O–H groups in total. The third-order valence-electron chi connectivity index (χ3n) is 6.53. The Bertz CT molecular complexity index is 1560. The average molecular weight is 534 g/mol. The first kappa shape index (κ1) is 25.9. The van der Waals surface area contributed by atoms with E-state index in [1.807, 2.05) is 45.0 Å². The number of aromatic nitrogens is 2. The maximum atomic E-state index is 13.9. The lowest BCUT2D eigenvalue weighted by Gasteiger charge is -2.23.